The van der Waals surface area contributed by atoms with Gasteiger partial charge in [0.1, 0.15) is 0 Å². The van der Waals surface area contributed by atoms with Gasteiger partial charge in [-0.1, -0.05) is 133 Å². The Balaban J connectivity index is 1.34. The molecule has 42 heavy (non-hydrogen) atoms. The summed E-state index contributed by atoms with van der Waals surface area (Å²) in [6, 6.07) is 55.1. The minimum Gasteiger partial charge on any atom is -0.278 e. The average molecular weight is 539 g/mol. The van der Waals surface area contributed by atoms with Crippen molar-refractivity contribution in [2.75, 3.05) is 0 Å². The van der Waals surface area contributed by atoms with Crippen molar-refractivity contribution in [3.05, 3.63) is 158 Å². The maximum atomic E-state index is 4.85. The summed E-state index contributed by atoms with van der Waals surface area (Å²) in [4.78, 5) is 0. The predicted molar refractivity (Wildman–Crippen MR) is 172 cm³/mol. The first-order valence-electron chi connectivity index (χ1n) is 14.1. The monoisotopic (exact) mass is 538 g/mol. The number of hydrogen-bond acceptors (Lipinski definition) is 2. The van der Waals surface area contributed by atoms with Crippen LogP contribution in [-0.2, 0) is 0 Å². The second-order valence-electron chi connectivity index (χ2n) is 10.4. The van der Waals surface area contributed by atoms with E-state index in [1.54, 1.807) is 0 Å². The first-order chi connectivity index (χ1) is 20.8. The molecule has 0 spiro atoms. The third-order valence-electron chi connectivity index (χ3n) is 7.91. The molecule has 0 aliphatic heterocycles. The summed E-state index contributed by atoms with van der Waals surface area (Å²) in [5.41, 5.74) is 8.90. The van der Waals surface area contributed by atoms with Crippen LogP contribution in [0.15, 0.2) is 158 Å². The fraction of sp³-hybridized carbons (Fsp3) is 0. The van der Waals surface area contributed by atoms with Gasteiger partial charge < -0.3 is 0 Å². The van der Waals surface area contributed by atoms with Gasteiger partial charge in [-0.25, -0.2) is 0 Å². The molecule has 0 saturated carbocycles. The van der Waals surface area contributed by atoms with E-state index < -0.39 is 0 Å². The summed E-state index contributed by atoms with van der Waals surface area (Å²) in [6.45, 7) is 0. The Morgan fingerprint density at radius 1 is 0.333 bits per heavy atom. The average Bonchev–Trinajstić information content (AvgIpc) is 3.65. The van der Waals surface area contributed by atoms with E-state index in [9.17, 15) is 0 Å². The Morgan fingerprint density at radius 2 is 0.762 bits per heavy atom. The van der Waals surface area contributed by atoms with E-state index in [1.807, 2.05) is 12.1 Å². The standard InChI is InChI=1S/C38H26N4/c1-3-11-27(12-4-1)29-19-21-31(22-20-29)37-39-40-38(41(37)32-25-23-30(24-26-32)28-13-5-2-6-14-28)42-35-17-9-7-15-33(35)34-16-8-10-18-36(34)42/h1-26H. The Hall–Kier alpha value is -5.74. The largest absolute Gasteiger partial charge is 0.278 e. The van der Waals surface area contributed by atoms with Crippen LogP contribution in [0, 0.1) is 0 Å². The molecule has 0 fully saturated rings. The lowest BCUT2D eigenvalue weighted by Gasteiger charge is -2.14. The van der Waals surface area contributed by atoms with E-state index in [-0.39, 0.29) is 0 Å². The summed E-state index contributed by atoms with van der Waals surface area (Å²) in [6.07, 6.45) is 0. The number of hydrogen-bond donors (Lipinski definition) is 0. The number of benzene rings is 6. The van der Waals surface area contributed by atoms with Crippen LogP contribution in [0.25, 0.3) is 67.1 Å². The summed E-state index contributed by atoms with van der Waals surface area (Å²) < 4.78 is 4.40. The Bertz CT molecular complexity index is 2100. The molecule has 0 bridgehead atoms. The zero-order chi connectivity index (χ0) is 27.9. The lowest BCUT2D eigenvalue weighted by atomic mass is 10.0. The van der Waals surface area contributed by atoms with E-state index in [0.717, 1.165) is 34.1 Å². The SMILES string of the molecule is c1ccc(-c2ccc(-c3nnc(-n4c5ccccc5c5ccccc54)n3-c3ccc(-c4ccccc4)cc3)cc2)cc1. The summed E-state index contributed by atoms with van der Waals surface area (Å²) in [5, 5.41) is 12.0. The zero-order valence-corrected chi connectivity index (χ0v) is 22.8. The molecule has 0 saturated heterocycles. The van der Waals surface area contributed by atoms with E-state index in [1.165, 1.54) is 33.0 Å². The quantitative estimate of drug-likeness (QED) is 0.219. The highest BCUT2D eigenvalue weighted by molar-refractivity contribution is 6.09. The fourth-order valence-electron chi connectivity index (χ4n) is 5.86. The highest BCUT2D eigenvalue weighted by Crippen LogP contribution is 2.34. The lowest BCUT2D eigenvalue weighted by molar-refractivity contribution is 0.933. The topological polar surface area (TPSA) is 35.6 Å². The molecule has 8 rings (SSSR count). The molecule has 4 nitrogen and oxygen atoms in total. The van der Waals surface area contributed by atoms with Crippen LogP contribution in [0.1, 0.15) is 0 Å². The molecule has 0 unspecified atom stereocenters. The molecule has 2 aromatic heterocycles. The fourth-order valence-corrected chi connectivity index (χ4v) is 5.86. The van der Waals surface area contributed by atoms with Crippen molar-refractivity contribution in [1.29, 1.82) is 0 Å². The smallest absolute Gasteiger partial charge is 0.241 e. The molecule has 0 aliphatic carbocycles. The van der Waals surface area contributed by atoms with Gasteiger partial charge in [-0.2, -0.15) is 0 Å². The van der Waals surface area contributed by atoms with Gasteiger partial charge in [0.15, 0.2) is 5.82 Å². The van der Waals surface area contributed by atoms with Crippen molar-refractivity contribution in [2.24, 2.45) is 0 Å². The number of fused-ring (bicyclic) bond motifs is 3. The van der Waals surface area contributed by atoms with Gasteiger partial charge in [0.2, 0.25) is 5.95 Å². The summed E-state index contributed by atoms with van der Waals surface area (Å²) >= 11 is 0. The van der Waals surface area contributed by atoms with Crippen LogP contribution < -0.4 is 0 Å². The summed E-state index contributed by atoms with van der Waals surface area (Å²) in [7, 11) is 0. The molecule has 0 radical (unpaired) electrons. The van der Waals surface area contributed by atoms with E-state index in [4.69, 9.17) is 10.2 Å². The molecule has 0 atom stereocenters. The normalized spacial score (nSPS) is 11.3. The first-order valence-corrected chi connectivity index (χ1v) is 14.1. The van der Waals surface area contributed by atoms with E-state index in [0.29, 0.717) is 0 Å². The zero-order valence-electron chi connectivity index (χ0n) is 22.8. The van der Waals surface area contributed by atoms with Crippen molar-refractivity contribution in [3.8, 4) is 45.3 Å². The van der Waals surface area contributed by atoms with Gasteiger partial charge in [0, 0.05) is 16.3 Å². The third kappa shape index (κ3) is 4.01. The van der Waals surface area contributed by atoms with Gasteiger partial charge in [-0.3, -0.25) is 9.13 Å². The van der Waals surface area contributed by atoms with Gasteiger partial charge >= 0.3 is 0 Å². The van der Waals surface area contributed by atoms with Gasteiger partial charge in [-0.05, 0) is 46.5 Å². The second-order valence-corrected chi connectivity index (χ2v) is 10.4. The predicted octanol–water partition coefficient (Wildman–Crippen LogP) is 9.37. The van der Waals surface area contributed by atoms with E-state index in [2.05, 4.69) is 155 Å². The minimum absolute atomic E-state index is 0.752. The number of para-hydroxylation sites is 2. The van der Waals surface area contributed by atoms with Crippen LogP contribution in [0.4, 0.5) is 0 Å². The highest BCUT2D eigenvalue weighted by Gasteiger charge is 2.21. The number of rotatable bonds is 5. The van der Waals surface area contributed by atoms with Crippen molar-refractivity contribution < 1.29 is 0 Å². The second kappa shape index (κ2) is 10.0. The van der Waals surface area contributed by atoms with Gasteiger partial charge in [0.05, 0.1) is 16.7 Å². The molecule has 8 aromatic rings. The molecule has 2 heterocycles. The first kappa shape index (κ1) is 24.1. The van der Waals surface area contributed by atoms with Gasteiger partial charge in [0.25, 0.3) is 0 Å². The molecule has 0 aliphatic rings. The maximum Gasteiger partial charge on any atom is 0.241 e. The Kier molecular flexibility index (Phi) is 5.75. The minimum atomic E-state index is 0.752. The third-order valence-corrected chi connectivity index (χ3v) is 7.91. The Morgan fingerprint density at radius 3 is 1.31 bits per heavy atom. The number of nitrogens with zero attached hydrogens (tertiary/aromatic N) is 4. The van der Waals surface area contributed by atoms with Crippen molar-refractivity contribution in [3.63, 3.8) is 0 Å². The van der Waals surface area contributed by atoms with Gasteiger partial charge in [-0.15, -0.1) is 10.2 Å². The summed E-state index contributed by atoms with van der Waals surface area (Å²) in [5.74, 6) is 1.54. The van der Waals surface area contributed by atoms with Crippen LogP contribution in [-0.4, -0.2) is 19.3 Å². The molecular formula is C38H26N4. The molecule has 4 heteroatoms. The molecule has 198 valence electrons. The Labute approximate surface area is 243 Å². The molecule has 6 aromatic carbocycles. The van der Waals surface area contributed by atoms with E-state index >= 15 is 0 Å². The van der Waals surface area contributed by atoms with Crippen molar-refractivity contribution >= 4 is 21.8 Å². The van der Waals surface area contributed by atoms with Crippen LogP contribution >= 0.6 is 0 Å². The van der Waals surface area contributed by atoms with Crippen molar-refractivity contribution in [1.82, 2.24) is 19.3 Å². The van der Waals surface area contributed by atoms with Crippen LogP contribution in [0.2, 0.25) is 0 Å². The maximum absolute atomic E-state index is 4.85. The molecular weight excluding hydrogens is 512 g/mol. The molecule has 0 amide bonds. The molecule has 0 N–H and O–H groups in total. The highest BCUT2D eigenvalue weighted by atomic mass is 15.4. The lowest BCUT2D eigenvalue weighted by Crippen LogP contribution is -2.06. The van der Waals surface area contributed by atoms with Crippen LogP contribution in [0.3, 0.4) is 0 Å². The number of aromatic nitrogens is 4. The van der Waals surface area contributed by atoms with Crippen LogP contribution in [0.5, 0.6) is 0 Å². The van der Waals surface area contributed by atoms with Crippen molar-refractivity contribution in [2.45, 2.75) is 0 Å².